The van der Waals surface area contributed by atoms with Crippen LogP contribution in [0.25, 0.3) is 5.57 Å². The second kappa shape index (κ2) is 9.23. The van der Waals surface area contributed by atoms with Gasteiger partial charge in [0.1, 0.15) is 5.70 Å². The van der Waals surface area contributed by atoms with Crippen molar-refractivity contribution in [2.45, 2.75) is 13.8 Å². The number of carbonyl (C=O) groups is 3. The molecular weight excluding hydrogens is 428 g/mol. The van der Waals surface area contributed by atoms with Gasteiger partial charge in [-0.3, -0.25) is 14.4 Å². The van der Waals surface area contributed by atoms with Crippen LogP contribution in [-0.4, -0.2) is 31.8 Å². The maximum atomic E-state index is 13.5. The predicted octanol–water partition coefficient (Wildman–Crippen LogP) is 4.42. The fraction of sp³-hybridized carbons (Fsp3) is 0.148. The van der Waals surface area contributed by atoms with Gasteiger partial charge in [-0.1, -0.05) is 29.8 Å². The molecule has 34 heavy (non-hydrogen) atoms. The maximum Gasteiger partial charge on any atom is 0.282 e. The maximum absolute atomic E-state index is 13.5. The largest absolute Gasteiger partial charge is 0.378 e. The monoisotopic (exact) mass is 454 g/mol. The second-order valence-corrected chi connectivity index (χ2v) is 8.36. The molecule has 1 aliphatic heterocycles. The highest BCUT2D eigenvalue weighted by atomic mass is 16.2. The van der Waals surface area contributed by atoms with Crippen LogP contribution in [-0.2, 0) is 14.4 Å². The summed E-state index contributed by atoms with van der Waals surface area (Å²) < 4.78 is 0. The number of nitrogens with one attached hydrogen (secondary N) is 2. The standard InChI is InChI=1S/C27H26N4O3/c1-17-5-7-19(8-6-17)24-25(29-21-11-9-20(10-12-21)28-18(2)32)27(34)31(26(24)33)23-15-13-22(14-16-23)30(3)4/h5-16,29H,1-4H3,(H,28,32). The van der Waals surface area contributed by atoms with Gasteiger partial charge >= 0.3 is 0 Å². The van der Waals surface area contributed by atoms with E-state index in [9.17, 15) is 14.4 Å². The second-order valence-electron chi connectivity index (χ2n) is 8.36. The zero-order valence-electron chi connectivity index (χ0n) is 19.5. The van der Waals surface area contributed by atoms with Crippen LogP contribution in [0.4, 0.5) is 22.7 Å². The first kappa shape index (κ1) is 22.8. The molecule has 0 unspecified atom stereocenters. The van der Waals surface area contributed by atoms with Crippen LogP contribution in [0.2, 0.25) is 0 Å². The minimum absolute atomic E-state index is 0.169. The average Bonchev–Trinajstić information content (AvgIpc) is 3.04. The van der Waals surface area contributed by atoms with Gasteiger partial charge in [-0.05, 0) is 61.0 Å². The number of anilines is 4. The molecule has 7 nitrogen and oxygen atoms in total. The van der Waals surface area contributed by atoms with Crippen LogP contribution >= 0.6 is 0 Å². The molecule has 1 aliphatic rings. The van der Waals surface area contributed by atoms with E-state index in [1.54, 1.807) is 36.4 Å². The van der Waals surface area contributed by atoms with Gasteiger partial charge in [0, 0.05) is 38.1 Å². The van der Waals surface area contributed by atoms with Crippen LogP contribution < -0.4 is 20.4 Å². The van der Waals surface area contributed by atoms with Crippen LogP contribution in [0.3, 0.4) is 0 Å². The molecule has 7 heteroatoms. The highest BCUT2D eigenvalue weighted by Gasteiger charge is 2.40. The number of hydrogen-bond donors (Lipinski definition) is 2. The quantitative estimate of drug-likeness (QED) is 0.539. The van der Waals surface area contributed by atoms with Crippen molar-refractivity contribution in [3.63, 3.8) is 0 Å². The summed E-state index contributed by atoms with van der Waals surface area (Å²) in [6.07, 6.45) is 0. The number of aryl methyl sites for hydroxylation is 1. The van der Waals surface area contributed by atoms with Gasteiger partial charge in [-0.2, -0.15) is 0 Å². The third-order valence-electron chi connectivity index (χ3n) is 5.52. The smallest absolute Gasteiger partial charge is 0.282 e. The number of imide groups is 1. The Morgan fingerprint density at radius 1 is 0.794 bits per heavy atom. The van der Waals surface area contributed by atoms with Crippen LogP contribution in [0.1, 0.15) is 18.1 Å². The molecule has 0 saturated carbocycles. The van der Waals surface area contributed by atoms with Gasteiger partial charge in [-0.15, -0.1) is 0 Å². The van der Waals surface area contributed by atoms with Crippen molar-refractivity contribution in [2.75, 3.05) is 34.5 Å². The number of hydrogen-bond acceptors (Lipinski definition) is 5. The summed E-state index contributed by atoms with van der Waals surface area (Å²) in [5.74, 6) is -0.981. The molecule has 0 fully saturated rings. The van der Waals surface area contributed by atoms with Gasteiger partial charge in [0.15, 0.2) is 0 Å². The Balaban J connectivity index is 1.72. The van der Waals surface area contributed by atoms with E-state index in [1.165, 1.54) is 11.8 Å². The van der Waals surface area contributed by atoms with Crippen molar-refractivity contribution in [2.24, 2.45) is 0 Å². The van der Waals surface area contributed by atoms with Crippen molar-refractivity contribution in [1.82, 2.24) is 0 Å². The van der Waals surface area contributed by atoms with E-state index in [4.69, 9.17) is 0 Å². The molecule has 2 N–H and O–H groups in total. The molecule has 172 valence electrons. The summed E-state index contributed by atoms with van der Waals surface area (Å²) in [4.78, 5) is 41.5. The summed E-state index contributed by atoms with van der Waals surface area (Å²) in [6, 6.07) is 21.7. The lowest BCUT2D eigenvalue weighted by molar-refractivity contribution is -0.120. The average molecular weight is 455 g/mol. The first-order valence-corrected chi connectivity index (χ1v) is 10.9. The van der Waals surface area contributed by atoms with E-state index in [-0.39, 0.29) is 17.5 Å². The van der Waals surface area contributed by atoms with Gasteiger partial charge < -0.3 is 15.5 Å². The minimum atomic E-state index is -0.427. The molecule has 0 radical (unpaired) electrons. The van der Waals surface area contributed by atoms with Crippen molar-refractivity contribution >= 4 is 46.0 Å². The normalized spacial score (nSPS) is 13.4. The number of amides is 3. The number of rotatable bonds is 6. The van der Waals surface area contributed by atoms with Gasteiger partial charge in [0.05, 0.1) is 11.3 Å². The van der Waals surface area contributed by atoms with E-state index in [0.717, 1.165) is 11.3 Å². The molecule has 3 aromatic rings. The fourth-order valence-electron chi connectivity index (χ4n) is 3.75. The fourth-order valence-corrected chi connectivity index (χ4v) is 3.75. The lowest BCUT2D eigenvalue weighted by atomic mass is 10.0. The van der Waals surface area contributed by atoms with Gasteiger partial charge in [-0.25, -0.2) is 4.90 Å². The Bertz CT molecular complexity index is 1270. The van der Waals surface area contributed by atoms with Crippen molar-refractivity contribution in [3.05, 3.63) is 89.6 Å². The van der Waals surface area contributed by atoms with Crippen molar-refractivity contribution in [3.8, 4) is 0 Å². The molecule has 0 atom stereocenters. The SMILES string of the molecule is CC(=O)Nc1ccc(NC2=C(c3ccc(C)cc3)C(=O)N(c3ccc(N(C)C)cc3)C2=O)cc1. The van der Waals surface area contributed by atoms with Crippen LogP contribution in [0.15, 0.2) is 78.5 Å². The first-order valence-electron chi connectivity index (χ1n) is 10.9. The lowest BCUT2D eigenvalue weighted by Crippen LogP contribution is -2.32. The van der Waals surface area contributed by atoms with E-state index in [0.29, 0.717) is 28.2 Å². The molecule has 0 bridgehead atoms. The molecule has 0 saturated heterocycles. The zero-order valence-corrected chi connectivity index (χ0v) is 19.5. The molecule has 4 rings (SSSR count). The molecule has 3 aromatic carbocycles. The molecule has 0 aromatic heterocycles. The zero-order chi connectivity index (χ0) is 24.4. The molecule has 3 amide bonds. The molecular formula is C27H26N4O3. The Hall–Kier alpha value is -4.39. The van der Waals surface area contributed by atoms with E-state index < -0.39 is 5.91 Å². The summed E-state index contributed by atoms with van der Waals surface area (Å²) in [5, 5.41) is 5.85. The number of carbonyl (C=O) groups excluding carboxylic acids is 3. The first-order chi connectivity index (χ1) is 16.2. The Kier molecular flexibility index (Phi) is 6.19. The summed E-state index contributed by atoms with van der Waals surface area (Å²) in [5.41, 5.74) is 4.97. The summed E-state index contributed by atoms with van der Waals surface area (Å²) >= 11 is 0. The molecule has 1 heterocycles. The lowest BCUT2D eigenvalue weighted by Gasteiger charge is -2.18. The Morgan fingerprint density at radius 3 is 1.94 bits per heavy atom. The third kappa shape index (κ3) is 4.54. The summed E-state index contributed by atoms with van der Waals surface area (Å²) in [7, 11) is 3.86. The van der Waals surface area contributed by atoms with E-state index in [2.05, 4.69) is 10.6 Å². The summed E-state index contributed by atoms with van der Waals surface area (Å²) in [6.45, 7) is 3.40. The van der Waals surface area contributed by atoms with Gasteiger partial charge in [0.25, 0.3) is 11.8 Å². The highest BCUT2D eigenvalue weighted by molar-refractivity contribution is 6.46. The van der Waals surface area contributed by atoms with Crippen molar-refractivity contribution in [1.29, 1.82) is 0 Å². The van der Waals surface area contributed by atoms with Gasteiger partial charge in [0.2, 0.25) is 5.91 Å². The molecule has 0 spiro atoms. The van der Waals surface area contributed by atoms with Crippen LogP contribution in [0, 0.1) is 6.92 Å². The predicted molar refractivity (Wildman–Crippen MR) is 136 cm³/mol. The minimum Gasteiger partial charge on any atom is -0.378 e. The van der Waals surface area contributed by atoms with E-state index >= 15 is 0 Å². The Labute approximate surface area is 198 Å². The number of nitrogens with zero attached hydrogens (tertiary/aromatic N) is 2. The third-order valence-corrected chi connectivity index (χ3v) is 5.52. The highest BCUT2D eigenvalue weighted by Crippen LogP contribution is 2.34. The Morgan fingerprint density at radius 2 is 1.38 bits per heavy atom. The van der Waals surface area contributed by atoms with Crippen LogP contribution in [0.5, 0.6) is 0 Å². The molecule has 0 aliphatic carbocycles. The van der Waals surface area contributed by atoms with E-state index in [1.807, 2.05) is 62.3 Å². The van der Waals surface area contributed by atoms with Crippen molar-refractivity contribution < 1.29 is 14.4 Å². The topological polar surface area (TPSA) is 81.8 Å². The number of benzene rings is 3.